The Hall–Kier alpha value is -1.63. The molecule has 1 aromatic heterocycles. The molecule has 4 nitrogen and oxygen atoms in total. The summed E-state index contributed by atoms with van der Waals surface area (Å²) < 4.78 is 0. The van der Waals surface area contributed by atoms with E-state index in [1.165, 1.54) is 12.8 Å². The Kier molecular flexibility index (Phi) is 2.82. The van der Waals surface area contributed by atoms with Gasteiger partial charge in [-0.1, -0.05) is 6.92 Å². The molecule has 1 aromatic rings. The van der Waals surface area contributed by atoms with Crippen LogP contribution in [0.15, 0.2) is 12.3 Å². The summed E-state index contributed by atoms with van der Waals surface area (Å²) in [7, 11) is 0. The monoisotopic (exact) mass is 202 g/mol. The average Bonchev–Trinajstić information content (AvgIpc) is 2.30. The first-order valence-corrected chi connectivity index (χ1v) is 5.28. The van der Waals surface area contributed by atoms with Gasteiger partial charge >= 0.3 is 0 Å². The lowest BCUT2D eigenvalue weighted by atomic mass is 9.99. The maximum Gasteiger partial charge on any atom is 0.169 e. The second-order valence-corrected chi connectivity index (χ2v) is 4.05. The molecule has 0 aromatic carbocycles. The van der Waals surface area contributed by atoms with Crippen molar-refractivity contribution in [1.82, 2.24) is 10.2 Å². The first kappa shape index (κ1) is 9.91. The van der Waals surface area contributed by atoms with Crippen LogP contribution in [0.2, 0.25) is 0 Å². The molecule has 0 N–H and O–H groups in total. The second kappa shape index (κ2) is 4.26. The highest BCUT2D eigenvalue weighted by molar-refractivity contribution is 5.52. The van der Waals surface area contributed by atoms with Gasteiger partial charge in [0.1, 0.15) is 6.07 Å². The highest BCUT2D eigenvalue weighted by Crippen LogP contribution is 2.22. The lowest BCUT2D eigenvalue weighted by Crippen LogP contribution is -2.34. The predicted octanol–water partition coefficient (Wildman–Crippen LogP) is 1.58. The maximum absolute atomic E-state index is 8.96. The van der Waals surface area contributed by atoms with E-state index in [0.717, 1.165) is 24.8 Å². The molecule has 0 radical (unpaired) electrons. The molecule has 78 valence electrons. The SMILES string of the molecule is CC1CCN(c2nnccc2C#N)CC1. The van der Waals surface area contributed by atoms with Crippen LogP contribution in [0.5, 0.6) is 0 Å². The van der Waals surface area contributed by atoms with Crippen molar-refractivity contribution >= 4 is 5.82 Å². The minimum absolute atomic E-state index is 0.625. The van der Waals surface area contributed by atoms with Gasteiger partial charge in [0.15, 0.2) is 5.82 Å². The van der Waals surface area contributed by atoms with Gasteiger partial charge in [-0.15, -0.1) is 5.10 Å². The number of anilines is 1. The smallest absolute Gasteiger partial charge is 0.169 e. The van der Waals surface area contributed by atoms with Crippen LogP contribution in [-0.2, 0) is 0 Å². The highest BCUT2D eigenvalue weighted by atomic mass is 15.3. The van der Waals surface area contributed by atoms with Gasteiger partial charge in [0, 0.05) is 13.1 Å². The minimum Gasteiger partial charge on any atom is -0.354 e. The van der Waals surface area contributed by atoms with Crippen molar-refractivity contribution in [2.75, 3.05) is 18.0 Å². The van der Waals surface area contributed by atoms with Gasteiger partial charge in [-0.3, -0.25) is 0 Å². The van der Waals surface area contributed by atoms with Crippen LogP contribution in [-0.4, -0.2) is 23.3 Å². The Morgan fingerprint density at radius 3 is 2.87 bits per heavy atom. The van der Waals surface area contributed by atoms with Crippen molar-refractivity contribution in [2.45, 2.75) is 19.8 Å². The summed E-state index contributed by atoms with van der Waals surface area (Å²) in [4.78, 5) is 2.16. The molecule has 0 spiro atoms. The van der Waals surface area contributed by atoms with E-state index in [2.05, 4.69) is 28.1 Å². The third-order valence-electron chi connectivity index (χ3n) is 2.90. The van der Waals surface area contributed by atoms with Gasteiger partial charge in [-0.25, -0.2) is 0 Å². The number of hydrogen-bond donors (Lipinski definition) is 0. The number of aromatic nitrogens is 2. The molecule has 2 heterocycles. The minimum atomic E-state index is 0.625. The standard InChI is InChI=1S/C11H14N4/c1-9-3-6-15(7-4-9)11-10(8-12)2-5-13-14-11/h2,5,9H,3-4,6-7H2,1H3. The summed E-state index contributed by atoms with van der Waals surface area (Å²) in [5, 5.41) is 16.9. The zero-order valence-electron chi connectivity index (χ0n) is 8.85. The first-order chi connectivity index (χ1) is 7.31. The van der Waals surface area contributed by atoms with Crippen molar-refractivity contribution in [3.05, 3.63) is 17.8 Å². The molecule has 4 heteroatoms. The fraction of sp³-hybridized carbons (Fsp3) is 0.545. The Bertz CT molecular complexity index is 374. The Morgan fingerprint density at radius 2 is 2.20 bits per heavy atom. The molecule has 1 aliphatic heterocycles. The topological polar surface area (TPSA) is 52.8 Å². The highest BCUT2D eigenvalue weighted by Gasteiger charge is 2.19. The van der Waals surface area contributed by atoms with E-state index in [1.807, 2.05) is 0 Å². The molecule has 0 atom stereocenters. The fourth-order valence-electron chi connectivity index (χ4n) is 1.87. The van der Waals surface area contributed by atoms with Gasteiger partial charge in [0.2, 0.25) is 0 Å². The van der Waals surface area contributed by atoms with Crippen molar-refractivity contribution < 1.29 is 0 Å². The van der Waals surface area contributed by atoms with Crippen molar-refractivity contribution in [2.24, 2.45) is 5.92 Å². The van der Waals surface area contributed by atoms with Crippen LogP contribution in [0.1, 0.15) is 25.3 Å². The number of piperidine rings is 1. The molecule has 1 saturated heterocycles. The third-order valence-corrected chi connectivity index (χ3v) is 2.90. The summed E-state index contributed by atoms with van der Waals surface area (Å²) in [6.07, 6.45) is 3.90. The van der Waals surface area contributed by atoms with Crippen LogP contribution < -0.4 is 4.90 Å². The average molecular weight is 202 g/mol. The first-order valence-electron chi connectivity index (χ1n) is 5.28. The van der Waals surface area contributed by atoms with E-state index in [4.69, 9.17) is 5.26 Å². The van der Waals surface area contributed by atoms with Crippen LogP contribution in [0, 0.1) is 17.2 Å². The molecule has 15 heavy (non-hydrogen) atoms. The van der Waals surface area contributed by atoms with Crippen molar-refractivity contribution in [3.8, 4) is 6.07 Å². The number of nitrogens with zero attached hydrogens (tertiary/aromatic N) is 4. The van der Waals surface area contributed by atoms with Gasteiger partial charge in [0.25, 0.3) is 0 Å². The molecule has 0 saturated carbocycles. The molecule has 0 bridgehead atoms. The number of hydrogen-bond acceptors (Lipinski definition) is 4. The van der Waals surface area contributed by atoms with E-state index in [-0.39, 0.29) is 0 Å². The van der Waals surface area contributed by atoms with Crippen LogP contribution in [0.25, 0.3) is 0 Å². The summed E-state index contributed by atoms with van der Waals surface area (Å²) in [5.74, 6) is 1.52. The molecular formula is C11H14N4. The largest absolute Gasteiger partial charge is 0.354 e. The van der Waals surface area contributed by atoms with Gasteiger partial charge in [-0.05, 0) is 24.8 Å². The van der Waals surface area contributed by atoms with Gasteiger partial charge in [-0.2, -0.15) is 10.4 Å². The zero-order valence-corrected chi connectivity index (χ0v) is 8.85. The van der Waals surface area contributed by atoms with Crippen LogP contribution in [0.3, 0.4) is 0 Å². The second-order valence-electron chi connectivity index (χ2n) is 4.05. The van der Waals surface area contributed by atoms with Crippen molar-refractivity contribution in [3.63, 3.8) is 0 Å². The Labute approximate surface area is 89.5 Å². The van der Waals surface area contributed by atoms with Crippen LogP contribution >= 0.6 is 0 Å². The maximum atomic E-state index is 8.96. The van der Waals surface area contributed by atoms with Gasteiger partial charge in [0.05, 0.1) is 11.8 Å². The van der Waals surface area contributed by atoms with Gasteiger partial charge < -0.3 is 4.90 Å². The van der Waals surface area contributed by atoms with E-state index in [9.17, 15) is 0 Å². The number of nitriles is 1. The summed E-state index contributed by atoms with van der Waals surface area (Å²) in [5.41, 5.74) is 0.625. The quantitative estimate of drug-likeness (QED) is 0.693. The van der Waals surface area contributed by atoms with E-state index in [1.54, 1.807) is 12.3 Å². The Balaban J connectivity index is 2.19. The zero-order chi connectivity index (χ0) is 10.7. The molecule has 0 aliphatic carbocycles. The molecule has 2 rings (SSSR count). The number of rotatable bonds is 1. The van der Waals surface area contributed by atoms with E-state index in [0.29, 0.717) is 5.56 Å². The van der Waals surface area contributed by atoms with E-state index < -0.39 is 0 Å². The lowest BCUT2D eigenvalue weighted by molar-refractivity contribution is 0.435. The summed E-state index contributed by atoms with van der Waals surface area (Å²) >= 11 is 0. The molecule has 1 fully saturated rings. The molecule has 1 aliphatic rings. The van der Waals surface area contributed by atoms with Crippen molar-refractivity contribution in [1.29, 1.82) is 5.26 Å². The van der Waals surface area contributed by atoms with Crippen LogP contribution in [0.4, 0.5) is 5.82 Å². The lowest BCUT2D eigenvalue weighted by Gasteiger charge is -2.31. The molecular weight excluding hydrogens is 188 g/mol. The third kappa shape index (κ3) is 2.07. The predicted molar refractivity (Wildman–Crippen MR) is 57.4 cm³/mol. The summed E-state index contributed by atoms with van der Waals surface area (Å²) in [6, 6.07) is 3.88. The molecule has 0 amide bonds. The normalized spacial score (nSPS) is 17.5. The fourth-order valence-corrected chi connectivity index (χ4v) is 1.87. The summed E-state index contributed by atoms with van der Waals surface area (Å²) in [6.45, 7) is 4.22. The Morgan fingerprint density at radius 1 is 1.47 bits per heavy atom. The molecule has 0 unspecified atom stereocenters. The van der Waals surface area contributed by atoms with E-state index >= 15 is 0 Å².